The number of carbonyl (C=O) groups is 1. The first-order valence-electron chi connectivity index (χ1n) is 8.71. The molecule has 3 heterocycles. The number of halogens is 2. The Morgan fingerprint density at radius 2 is 1.87 bits per heavy atom. The molecule has 0 fully saturated rings. The number of nitrogen functional groups attached to an aromatic ring is 1. The van der Waals surface area contributed by atoms with Crippen LogP contribution in [0.15, 0.2) is 54.1 Å². The Kier molecular flexibility index (Phi) is 4.85. The summed E-state index contributed by atoms with van der Waals surface area (Å²) in [6, 6.07) is 3.89. The number of nitrogens with one attached hydrogen (secondary N) is 1. The molecule has 3 aromatic heterocycles. The number of nitrogens with zero attached hydrogens (tertiary/aromatic N) is 4. The number of anilines is 2. The van der Waals surface area contributed by atoms with Crippen molar-refractivity contribution in [2.24, 2.45) is 7.05 Å². The van der Waals surface area contributed by atoms with Crippen molar-refractivity contribution in [2.45, 2.75) is 4.90 Å². The molecular formula is C19H14F2N6O3S. The number of pyridine rings is 1. The number of fused-ring (bicyclic) bond motifs is 1. The van der Waals surface area contributed by atoms with Gasteiger partial charge in [0.05, 0.1) is 22.8 Å². The zero-order valence-electron chi connectivity index (χ0n) is 15.9. The van der Waals surface area contributed by atoms with Crippen molar-refractivity contribution in [3.05, 3.63) is 71.9 Å². The highest BCUT2D eigenvalue weighted by Crippen LogP contribution is 2.27. The number of carbonyl (C=O) groups excluding carboxylic acids is 1. The van der Waals surface area contributed by atoms with Crippen LogP contribution in [0.2, 0.25) is 0 Å². The van der Waals surface area contributed by atoms with Crippen LogP contribution in [0, 0.1) is 11.6 Å². The summed E-state index contributed by atoms with van der Waals surface area (Å²) in [6.07, 6.45) is 5.12. The van der Waals surface area contributed by atoms with E-state index in [0.29, 0.717) is 11.0 Å². The van der Waals surface area contributed by atoms with Gasteiger partial charge in [-0.05, 0) is 18.2 Å². The molecule has 31 heavy (non-hydrogen) atoms. The summed E-state index contributed by atoms with van der Waals surface area (Å²) in [5.74, 6) is -2.91. The van der Waals surface area contributed by atoms with Crippen LogP contribution in [0.3, 0.4) is 0 Å². The number of benzene rings is 1. The van der Waals surface area contributed by atoms with E-state index in [0.717, 1.165) is 24.4 Å². The van der Waals surface area contributed by atoms with E-state index in [4.69, 9.17) is 5.73 Å². The lowest BCUT2D eigenvalue weighted by molar-refractivity contribution is 0.103. The van der Waals surface area contributed by atoms with Crippen LogP contribution in [0.1, 0.15) is 15.9 Å². The molecular weight excluding hydrogens is 430 g/mol. The fourth-order valence-corrected chi connectivity index (χ4v) is 4.30. The molecule has 9 nitrogen and oxygen atoms in total. The number of sulfonamides is 1. The lowest BCUT2D eigenvalue weighted by Gasteiger charge is -2.10. The van der Waals surface area contributed by atoms with Gasteiger partial charge < -0.3 is 10.3 Å². The van der Waals surface area contributed by atoms with Crippen molar-refractivity contribution in [1.29, 1.82) is 0 Å². The van der Waals surface area contributed by atoms with Crippen LogP contribution in [-0.4, -0.2) is 33.7 Å². The first-order valence-corrected chi connectivity index (χ1v) is 10.2. The van der Waals surface area contributed by atoms with E-state index in [1.54, 1.807) is 11.6 Å². The monoisotopic (exact) mass is 444 g/mol. The molecule has 3 N–H and O–H groups in total. The third-order valence-corrected chi connectivity index (χ3v) is 5.90. The topological polar surface area (TPSA) is 133 Å². The lowest BCUT2D eigenvalue weighted by Crippen LogP contribution is -2.17. The van der Waals surface area contributed by atoms with Gasteiger partial charge in [-0.25, -0.2) is 27.2 Å². The predicted molar refractivity (Wildman–Crippen MR) is 108 cm³/mol. The summed E-state index contributed by atoms with van der Waals surface area (Å²) in [7, 11) is -2.94. The van der Waals surface area contributed by atoms with Gasteiger partial charge in [-0.2, -0.15) is 0 Å². The van der Waals surface area contributed by atoms with Crippen LogP contribution in [0.25, 0.3) is 11.0 Å². The SMILES string of the molecule is Cn1cc(C(=O)c2cncc(NS(=O)(=O)c3c(F)cccc3F)c2)c2c(N)ncnc21. The van der Waals surface area contributed by atoms with Crippen molar-refractivity contribution < 1.29 is 22.0 Å². The third-order valence-electron chi connectivity index (χ3n) is 4.47. The summed E-state index contributed by atoms with van der Waals surface area (Å²) in [5.41, 5.74) is 6.39. The predicted octanol–water partition coefficient (Wildman–Crippen LogP) is 2.26. The van der Waals surface area contributed by atoms with Crippen molar-refractivity contribution in [1.82, 2.24) is 19.5 Å². The maximum atomic E-state index is 13.9. The standard InChI is InChI=1S/C19H14F2N6O3S/c1-27-8-12(15-18(22)24-9-25-19(15)27)16(28)10-5-11(7-23-6-10)26-31(29,30)17-13(20)3-2-4-14(17)21/h2-9,26H,1H3,(H2,22,24,25). The van der Waals surface area contributed by atoms with Gasteiger partial charge in [0, 0.05) is 25.0 Å². The largest absolute Gasteiger partial charge is 0.383 e. The van der Waals surface area contributed by atoms with Crippen molar-refractivity contribution in [3.63, 3.8) is 0 Å². The minimum atomic E-state index is -4.61. The Morgan fingerprint density at radius 3 is 2.58 bits per heavy atom. The highest BCUT2D eigenvalue weighted by molar-refractivity contribution is 7.92. The van der Waals surface area contributed by atoms with Crippen molar-refractivity contribution in [3.8, 4) is 0 Å². The van der Waals surface area contributed by atoms with Crippen molar-refractivity contribution >= 4 is 38.3 Å². The van der Waals surface area contributed by atoms with Gasteiger partial charge in [-0.1, -0.05) is 6.07 Å². The van der Waals surface area contributed by atoms with E-state index < -0.39 is 32.3 Å². The smallest absolute Gasteiger partial charge is 0.267 e. The summed E-state index contributed by atoms with van der Waals surface area (Å²) in [4.78, 5) is 23.8. The first kappa shape index (κ1) is 20.3. The molecule has 0 amide bonds. The summed E-state index contributed by atoms with van der Waals surface area (Å²) < 4.78 is 56.4. The second kappa shape index (κ2) is 7.40. The van der Waals surface area contributed by atoms with Gasteiger partial charge in [0.15, 0.2) is 10.7 Å². The van der Waals surface area contributed by atoms with Gasteiger partial charge in [-0.3, -0.25) is 14.5 Å². The first-order chi connectivity index (χ1) is 14.7. The number of hydrogen-bond acceptors (Lipinski definition) is 7. The minimum Gasteiger partial charge on any atom is -0.383 e. The van der Waals surface area contributed by atoms with E-state index in [1.807, 2.05) is 4.72 Å². The highest BCUT2D eigenvalue weighted by Gasteiger charge is 2.25. The number of ketones is 1. The van der Waals surface area contributed by atoms with E-state index in [-0.39, 0.29) is 22.6 Å². The highest BCUT2D eigenvalue weighted by atomic mass is 32.2. The molecule has 0 aliphatic carbocycles. The Morgan fingerprint density at radius 1 is 1.16 bits per heavy atom. The molecule has 0 spiro atoms. The molecule has 0 saturated heterocycles. The number of aryl methyl sites for hydroxylation is 1. The fourth-order valence-electron chi connectivity index (χ4n) is 3.13. The van der Waals surface area contributed by atoms with Gasteiger partial charge >= 0.3 is 0 Å². The fraction of sp³-hybridized carbons (Fsp3) is 0.0526. The molecule has 1 aromatic carbocycles. The van der Waals surface area contributed by atoms with E-state index in [1.165, 1.54) is 24.8 Å². The van der Waals surface area contributed by atoms with E-state index in [2.05, 4.69) is 15.0 Å². The maximum absolute atomic E-state index is 13.9. The van der Waals surface area contributed by atoms with Crippen LogP contribution in [-0.2, 0) is 17.1 Å². The second-order valence-electron chi connectivity index (χ2n) is 6.56. The Balaban J connectivity index is 1.72. The molecule has 4 rings (SSSR count). The molecule has 0 aliphatic rings. The van der Waals surface area contributed by atoms with Gasteiger partial charge in [-0.15, -0.1) is 0 Å². The number of rotatable bonds is 5. The normalized spacial score (nSPS) is 11.6. The van der Waals surface area contributed by atoms with E-state index >= 15 is 0 Å². The van der Waals surface area contributed by atoms with Gasteiger partial charge in [0.25, 0.3) is 10.0 Å². The summed E-state index contributed by atoms with van der Waals surface area (Å²) in [5, 5.41) is 0.342. The maximum Gasteiger partial charge on any atom is 0.267 e. The summed E-state index contributed by atoms with van der Waals surface area (Å²) in [6.45, 7) is 0. The van der Waals surface area contributed by atoms with Crippen molar-refractivity contribution in [2.75, 3.05) is 10.5 Å². The Bertz CT molecular complexity index is 1430. The average molecular weight is 444 g/mol. The average Bonchev–Trinajstić information content (AvgIpc) is 3.05. The molecule has 4 aromatic rings. The van der Waals surface area contributed by atoms with Crippen LogP contribution >= 0.6 is 0 Å². The Labute approximate surface area is 174 Å². The Hall–Kier alpha value is -3.93. The quantitative estimate of drug-likeness (QED) is 0.451. The zero-order chi connectivity index (χ0) is 22.3. The number of aromatic nitrogens is 4. The molecule has 0 aliphatic heterocycles. The molecule has 12 heteroatoms. The number of nitrogens with two attached hydrogens (primary N) is 1. The number of hydrogen-bond donors (Lipinski definition) is 2. The second-order valence-corrected chi connectivity index (χ2v) is 8.18. The van der Waals surface area contributed by atoms with E-state index in [9.17, 15) is 22.0 Å². The molecule has 0 atom stereocenters. The van der Waals surface area contributed by atoms with Crippen LogP contribution in [0.4, 0.5) is 20.3 Å². The molecule has 0 unspecified atom stereocenters. The van der Waals surface area contributed by atoms with Gasteiger partial charge in [0.1, 0.15) is 29.4 Å². The summed E-state index contributed by atoms with van der Waals surface area (Å²) >= 11 is 0. The molecule has 0 radical (unpaired) electrons. The lowest BCUT2D eigenvalue weighted by atomic mass is 10.1. The molecule has 158 valence electrons. The molecule has 0 saturated carbocycles. The minimum absolute atomic E-state index is 0.0185. The third kappa shape index (κ3) is 3.57. The zero-order valence-corrected chi connectivity index (χ0v) is 16.7. The van der Waals surface area contributed by atoms with Crippen LogP contribution < -0.4 is 10.5 Å². The van der Waals surface area contributed by atoms with Crippen LogP contribution in [0.5, 0.6) is 0 Å². The van der Waals surface area contributed by atoms with Gasteiger partial charge in [0.2, 0.25) is 0 Å². The molecule has 0 bridgehead atoms.